The number of carbonyl (C=O) groups excluding carboxylic acids is 1. The number of carboxylic acids is 1. The van der Waals surface area contributed by atoms with Gasteiger partial charge in [-0.2, -0.15) is 0 Å². The van der Waals surface area contributed by atoms with Crippen molar-refractivity contribution in [3.63, 3.8) is 0 Å². The van der Waals surface area contributed by atoms with Crippen molar-refractivity contribution in [1.82, 2.24) is 9.88 Å². The Kier molecular flexibility index (Phi) is 3.57. The van der Waals surface area contributed by atoms with Crippen LogP contribution in [0.4, 0.5) is 0 Å². The zero-order valence-electron chi connectivity index (χ0n) is 10.00. The summed E-state index contributed by atoms with van der Waals surface area (Å²) >= 11 is 0. The maximum atomic E-state index is 12.1. The molecule has 2 heterocycles. The van der Waals surface area contributed by atoms with E-state index in [1.165, 1.54) is 18.3 Å². The van der Waals surface area contributed by atoms with Gasteiger partial charge < -0.3 is 14.7 Å². The summed E-state index contributed by atoms with van der Waals surface area (Å²) in [6.07, 6.45) is 2.20. The molecule has 18 heavy (non-hydrogen) atoms. The Bertz CT molecular complexity index is 475. The van der Waals surface area contributed by atoms with Crippen LogP contribution < -0.4 is 0 Å². The molecule has 6 nitrogen and oxygen atoms in total. The van der Waals surface area contributed by atoms with Crippen LogP contribution in [0.3, 0.4) is 0 Å². The number of likely N-dealkylation sites (tertiary alicyclic amines) is 1. The maximum Gasteiger partial charge on any atom is 0.354 e. The first kappa shape index (κ1) is 12.5. The number of aromatic nitrogens is 1. The van der Waals surface area contributed by atoms with Gasteiger partial charge in [-0.3, -0.25) is 4.79 Å². The van der Waals surface area contributed by atoms with Crippen LogP contribution in [0.5, 0.6) is 0 Å². The molecule has 1 saturated heterocycles. The number of carboxylic acid groups (broad SMARTS) is 1. The molecule has 0 aromatic carbocycles. The quantitative estimate of drug-likeness (QED) is 0.851. The van der Waals surface area contributed by atoms with E-state index >= 15 is 0 Å². The lowest BCUT2D eigenvalue weighted by atomic mass is 10.2. The van der Waals surface area contributed by atoms with Gasteiger partial charge in [0.1, 0.15) is 5.69 Å². The second kappa shape index (κ2) is 5.14. The number of hydrogen-bond acceptors (Lipinski definition) is 4. The van der Waals surface area contributed by atoms with Gasteiger partial charge in [0.25, 0.3) is 5.91 Å². The van der Waals surface area contributed by atoms with E-state index in [2.05, 4.69) is 4.98 Å². The normalized spacial score (nSPS) is 18.9. The summed E-state index contributed by atoms with van der Waals surface area (Å²) in [7, 11) is 1.62. The maximum absolute atomic E-state index is 12.1. The van der Waals surface area contributed by atoms with Gasteiger partial charge in [0, 0.05) is 32.0 Å². The molecule has 96 valence electrons. The van der Waals surface area contributed by atoms with Gasteiger partial charge in [-0.1, -0.05) is 0 Å². The van der Waals surface area contributed by atoms with E-state index in [0.717, 1.165) is 6.42 Å². The molecular weight excluding hydrogens is 236 g/mol. The van der Waals surface area contributed by atoms with Crippen LogP contribution in [-0.2, 0) is 4.74 Å². The van der Waals surface area contributed by atoms with Gasteiger partial charge in [0.2, 0.25) is 0 Å². The molecule has 1 aliphatic rings. The molecule has 0 radical (unpaired) electrons. The largest absolute Gasteiger partial charge is 0.477 e. The molecule has 1 fully saturated rings. The Balaban J connectivity index is 2.14. The molecule has 1 amide bonds. The summed E-state index contributed by atoms with van der Waals surface area (Å²) in [5.41, 5.74) is 0.225. The fourth-order valence-corrected chi connectivity index (χ4v) is 1.97. The monoisotopic (exact) mass is 250 g/mol. The molecular formula is C12H14N2O4. The van der Waals surface area contributed by atoms with Crippen molar-refractivity contribution >= 4 is 11.9 Å². The predicted molar refractivity (Wildman–Crippen MR) is 62.5 cm³/mol. The lowest BCUT2D eigenvalue weighted by Crippen LogP contribution is -2.30. The summed E-state index contributed by atoms with van der Waals surface area (Å²) < 4.78 is 5.19. The average molecular weight is 250 g/mol. The lowest BCUT2D eigenvalue weighted by Gasteiger charge is -2.16. The second-order valence-corrected chi connectivity index (χ2v) is 4.13. The molecule has 1 aliphatic heterocycles. The lowest BCUT2D eigenvalue weighted by molar-refractivity contribution is 0.0690. The number of pyridine rings is 1. The van der Waals surface area contributed by atoms with Crippen LogP contribution in [0, 0.1) is 0 Å². The molecule has 6 heteroatoms. The van der Waals surface area contributed by atoms with Crippen molar-refractivity contribution in [1.29, 1.82) is 0 Å². The van der Waals surface area contributed by atoms with Gasteiger partial charge in [0.05, 0.1) is 6.10 Å². The Hall–Kier alpha value is -1.95. The first-order valence-electron chi connectivity index (χ1n) is 5.63. The summed E-state index contributed by atoms with van der Waals surface area (Å²) in [5.74, 6) is -1.32. The zero-order valence-corrected chi connectivity index (χ0v) is 10.00. The predicted octanol–water partition coefficient (Wildman–Crippen LogP) is 0.641. The standard InChI is InChI=1S/C12H14N2O4/c1-18-9-3-5-14(7-9)11(15)8-2-4-13-10(6-8)12(16)17/h2,4,6,9H,3,5,7H2,1H3,(H,16,17). The van der Waals surface area contributed by atoms with Crippen LogP contribution >= 0.6 is 0 Å². The Morgan fingerprint density at radius 1 is 1.56 bits per heavy atom. The van der Waals surface area contributed by atoms with Crippen molar-refractivity contribution in [3.8, 4) is 0 Å². The van der Waals surface area contributed by atoms with Gasteiger partial charge >= 0.3 is 5.97 Å². The molecule has 0 saturated carbocycles. The highest BCUT2D eigenvalue weighted by Crippen LogP contribution is 2.15. The van der Waals surface area contributed by atoms with Crippen molar-refractivity contribution in [2.75, 3.05) is 20.2 Å². The third kappa shape index (κ3) is 2.48. The Morgan fingerprint density at radius 3 is 2.94 bits per heavy atom. The topological polar surface area (TPSA) is 79.7 Å². The minimum absolute atomic E-state index is 0.0646. The van der Waals surface area contributed by atoms with E-state index < -0.39 is 5.97 Å². The number of amides is 1. The highest BCUT2D eigenvalue weighted by Gasteiger charge is 2.27. The number of carbonyl (C=O) groups is 2. The van der Waals surface area contributed by atoms with Crippen molar-refractivity contribution < 1.29 is 19.4 Å². The number of rotatable bonds is 3. The van der Waals surface area contributed by atoms with Crippen LogP contribution in [-0.4, -0.2) is 53.2 Å². The first-order valence-corrected chi connectivity index (χ1v) is 5.63. The smallest absolute Gasteiger partial charge is 0.354 e. The van der Waals surface area contributed by atoms with E-state index in [-0.39, 0.29) is 17.7 Å². The third-order valence-electron chi connectivity index (χ3n) is 2.99. The van der Waals surface area contributed by atoms with Gasteiger partial charge in [-0.15, -0.1) is 0 Å². The number of ether oxygens (including phenoxy) is 1. The van der Waals surface area contributed by atoms with E-state index in [1.807, 2.05) is 0 Å². The summed E-state index contributed by atoms with van der Waals surface area (Å²) in [5, 5.41) is 8.83. The third-order valence-corrected chi connectivity index (χ3v) is 2.99. The van der Waals surface area contributed by atoms with Gasteiger partial charge in [-0.25, -0.2) is 9.78 Å². The molecule has 1 unspecified atom stereocenters. The van der Waals surface area contributed by atoms with E-state index in [4.69, 9.17) is 9.84 Å². The van der Waals surface area contributed by atoms with E-state index in [1.54, 1.807) is 12.0 Å². The molecule has 0 bridgehead atoms. The highest BCUT2D eigenvalue weighted by atomic mass is 16.5. The minimum Gasteiger partial charge on any atom is -0.477 e. The molecule has 0 spiro atoms. The Morgan fingerprint density at radius 2 is 2.33 bits per heavy atom. The van der Waals surface area contributed by atoms with Crippen LogP contribution in [0.1, 0.15) is 27.3 Å². The van der Waals surface area contributed by atoms with Crippen molar-refractivity contribution in [2.24, 2.45) is 0 Å². The highest BCUT2D eigenvalue weighted by molar-refractivity contribution is 5.96. The van der Waals surface area contributed by atoms with Gasteiger partial charge in [-0.05, 0) is 18.6 Å². The van der Waals surface area contributed by atoms with Crippen LogP contribution in [0.25, 0.3) is 0 Å². The fraction of sp³-hybridized carbons (Fsp3) is 0.417. The number of nitrogens with zero attached hydrogens (tertiary/aromatic N) is 2. The second-order valence-electron chi connectivity index (χ2n) is 4.13. The number of aromatic carboxylic acids is 1. The van der Waals surface area contributed by atoms with Crippen LogP contribution in [0.2, 0.25) is 0 Å². The fourth-order valence-electron chi connectivity index (χ4n) is 1.97. The summed E-state index contributed by atoms with van der Waals surface area (Å²) in [6.45, 7) is 1.17. The van der Waals surface area contributed by atoms with Crippen molar-refractivity contribution in [2.45, 2.75) is 12.5 Å². The number of hydrogen-bond donors (Lipinski definition) is 1. The first-order chi connectivity index (χ1) is 8.61. The minimum atomic E-state index is -1.14. The van der Waals surface area contributed by atoms with Gasteiger partial charge in [0.15, 0.2) is 0 Å². The molecule has 1 atom stereocenters. The SMILES string of the molecule is COC1CCN(C(=O)c2ccnc(C(=O)O)c2)C1. The molecule has 1 aromatic heterocycles. The molecule has 1 aromatic rings. The molecule has 0 aliphatic carbocycles. The number of methoxy groups -OCH3 is 1. The zero-order chi connectivity index (χ0) is 13.1. The molecule has 1 N–H and O–H groups in total. The molecule has 2 rings (SSSR count). The van der Waals surface area contributed by atoms with E-state index in [0.29, 0.717) is 18.7 Å². The summed E-state index contributed by atoms with van der Waals surface area (Å²) in [4.78, 5) is 28.3. The average Bonchev–Trinajstić information content (AvgIpc) is 2.86. The van der Waals surface area contributed by atoms with Crippen molar-refractivity contribution in [3.05, 3.63) is 29.6 Å². The van der Waals surface area contributed by atoms with E-state index in [9.17, 15) is 9.59 Å². The summed E-state index contributed by atoms with van der Waals surface area (Å²) in [6, 6.07) is 2.82. The van der Waals surface area contributed by atoms with Crippen LogP contribution in [0.15, 0.2) is 18.3 Å². The Labute approximate surface area is 104 Å².